The molecule has 0 aliphatic rings. The van der Waals surface area contributed by atoms with Gasteiger partial charge in [0, 0.05) is 11.8 Å². The highest BCUT2D eigenvalue weighted by Gasteiger charge is 2.36. The molecule has 0 saturated heterocycles. The molecule has 0 unspecified atom stereocenters. The molecule has 0 saturated carbocycles. The SMILES string of the molecule is Cc1nc2c(-c3ccc(O[C@@H]([C@@H](C)CC(C)(C)OC(N)=O)C(C)(C)C)c(C#N)c3)ccnc2[nH]1. The molecule has 1 amide bonds. The summed E-state index contributed by atoms with van der Waals surface area (Å²) in [6.45, 7) is 13.9. The van der Waals surface area contributed by atoms with Gasteiger partial charge in [-0.1, -0.05) is 33.8 Å². The van der Waals surface area contributed by atoms with Crippen molar-refractivity contribution in [3.05, 3.63) is 41.9 Å². The van der Waals surface area contributed by atoms with Crippen LogP contribution >= 0.6 is 0 Å². The summed E-state index contributed by atoms with van der Waals surface area (Å²) in [5, 5.41) is 9.91. The first-order valence-electron chi connectivity index (χ1n) is 11.3. The van der Waals surface area contributed by atoms with Crippen molar-refractivity contribution in [1.82, 2.24) is 15.0 Å². The summed E-state index contributed by atoms with van der Waals surface area (Å²) < 4.78 is 11.8. The van der Waals surface area contributed by atoms with E-state index in [2.05, 4.69) is 48.7 Å². The van der Waals surface area contributed by atoms with E-state index in [9.17, 15) is 10.1 Å². The van der Waals surface area contributed by atoms with E-state index in [4.69, 9.17) is 15.2 Å². The van der Waals surface area contributed by atoms with Crippen molar-refractivity contribution in [2.75, 3.05) is 0 Å². The summed E-state index contributed by atoms with van der Waals surface area (Å²) in [5.41, 5.74) is 7.91. The minimum absolute atomic E-state index is 0.00687. The zero-order valence-electron chi connectivity index (χ0n) is 20.9. The molecule has 0 aliphatic carbocycles. The number of ether oxygens (including phenoxy) is 2. The first-order chi connectivity index (χ1) is 15.8. The highest BCUT2D eigenvalue weighted by atomic mass is 16.6. The largest absolute Gasteiger partial charge is 0.488 e. The smallest absolute Gasteiger partial charge is 0.405 e. The highest BCUT2D eigenvalue weighted by Crippen LogP contribution is 2.37. The van der Waals surface area contributed by atoms with E-state index in [0.717, 1.165) is 22.5 Å². The Hall–Kier alpha value is -3.60. The molecule has 0 bridgehead atoms. The van der Waals surface area contributed by atoms with E-state index < -0.39 is 11.7 Å². The number of pyridine rings is 1. The van der Waals surface area contributed by atoms with Crippen molar-refractivity contribution in [2.45, 2.75) is 66.6 Å². The Morgan fingerprint density at radius 2 is 1.94 bits per heavy atom. The summed E-state index contributed by atoms with van der Waals surface area (Å²) >= 11 is 0. The molecule has 3 rings (SSSR count). The molecule has 180 valence electrons. The van der Waals surface area contributed by atoms with Gasteiger partial charge in [0.15, 0.2) is 5.65 Å². The molecule has 0 radical (unpaired) electrons. The van der Waals surface area contributed by atoms with Gasteiger partial charge < -0.3 is 20.2 Å². The fourth-order valence-corrected chi connectivity index (χ4v) is 4.63. The number of nitrogens with two attached hydrogens (primary N) is 1. The lowest BCUT2D eigenvalue weighted by Crippen LogP contribution is -2.42. The fourth-order valence-electron chi connectivity index (χ4n) is 4.63. The van der Waals surface area contributed by atoms with Gasteiger partial charge in [0.05, 0.1) is 5.56 Å². The van der Waals surface area contributed by atoms with Crippen LogP contribution in [0.4, 0.5) is 4.79 Å². The Morgan fingerprint density at radius 3 is 2.56 bits per heavy atom. The number of aromatic nitrogens is 3. The molecular weight excluding hydrogens is 430 g/mol. The van der Waals surface area contributed by atoms with Crippen LogP contribution < -0.4 is 10.5 Å². The number of imidazole rings is 1. The Balaban J connectivity index is 1.93. The van der Waals surface area contributed by atoms with Crippen LogP contribution in [0.1, 0.15) is 59.4 Å². The number of H-pyrrole nitrogens is 1. The van der Waals surface area contributed by atoms with Gasteiger partial charge in [-0.05, 0) is 62.3 Å². The molecule has 3 N–H and O–H groups in total. The molecular formula is C26H33N5O3. The van der Waals surface area contributed by atoms with E-state index in [1.807, 2.05) is 45.0 Å². The highest BCUT2D eigenvalue weighted by molar-refractivity contribution is 5.90. The van der Waals surface area contributed by atoms with Gasteiger partial charge in [-0.15, -0.1) is 0 Å². The van der Waals surface area contributed by atoms with E-state index >= 15 is 0 Å². The second kappa shape index (κ2) is 9.34. The summed E-state index contributed by atoms with van der Waals surface area (Å²) in [7, 11) is 0. The molecule has 8 heteroatoms. The zero-order valence-corrected chi connectivity index (χ0v) is 20.9. The molecule has 0 aliphatic heterocycles. The van der Waals surface area contributed by atoms with Crippen LogP contribution in [0, 0.1) is 29.6 Å². The monoisotopic (exact) mass is 463 g/mol. The number of nitrogens with one attached hydrogen (secondary N) is 1. The summed E-state index contributed by atoms with van der Waals surface area (Å²) in [6, 6.07) is 9.74. The minimum atomic E-state index is -0.801. The first-order valence-corrected chi connectivity index (χ1v) is 11.3. The van der Waals surface area contributed by atoms with Crippen LogP contribution in [-0.4, -0.2) is 32.8 Å². The van der Waals surface area contributed by atoms with Gasteiger partial charge in [-0.2, -0.15) is 5.26 Å². The van der Waals surface area contributed by atoms with E-state index in [1.165, 1.54) is 0 Å². The maximum absolute atomic E-state index is 11.3. The molecule has 3 aromatic rings. The summed E-state index contributed by atoms with van der Waals surface area (Å²) in [4.78, 5) is 23.3. The Bertz CT molecular complexity index is 1230. The number of hydrogen-bond donors (Lipinski definition) is 2. The lowest BCUT2D eigenvalue weighted by Gasteiger charge is -2.38. The van der Waals surface area contributed by atoms with Crippen LogP contribution in [0.2, 0.25) is 0 Å². The Labute approximate surface area is 200 Å². The van der Waals surface area contributed by atoms with E-state index in [0.29, 0.717) is 23.4 Å². The number of amides is 1. The predicted molar refractivity (Wildman–Crippen MR) is 131 cm³/mol. The normalized spacial score (nSPS) is 13.8. The van der Waals surface area contributed by atoms with Crippen molar-refractivity contribution in [3.63, 3.8) is 0 Å². The third kappa shape index (κ3) is 5.66. The number of rotatable bonds is 7. The zero-order chi connectivity index (χ0) is 25.3. The van der Waals surface area contributed by atoms with Gasteiger partial charge >= 0.3 is 6.09 Å². The quantitative estimate of drug-likeness (QED) is 0.476. The second-order valence-corrected chi connectivity index (χ2v) is 10.5. The van der Waals surface area contributed by atoms with Crippen LogP contribution in [0.5, 0.6) is 5.75 Å². The molecule has 2 atom stereocenters. The van der Waals surface area contributed by atoms with Crippen molar-refractivity contribution in [2.24, 2.45) is 17.1 Å². The van der Waals surface area contributed by atoms with Crippen molar-refractivity contribution >= 4 is 17.3 Å². The van der Waals surface area contributed by atoms with Gasteiger partial charge in [0.1, 0.15) is 34.9 Å². The lowest BCUT2D eigenvalue weighted by atomic mass is 9.78. The maximum atomic E-state index is 11.3. The third-order valence-electron chi connectivity index (χ3n) is 5.73. The van der Waals surface area contributed by atoms with Crippen LogP contribution in [0.3, 0.4) is 0 Å². The van der Waals surface area contributed by atoms with E-state index in [1.54, 1.807) is 6.20 Å². The van der Waals surface area contributed by atoms with Crippen LogP contribution in [0.25, 0.3) is 22.3 Å². The third-order valence-corrected chi connectivity index (χ3v) is 5.73. The average Bonchev–Trinajstić information content (AvgIpc) is 3.09. The average molecular weight is 464 g/mol. The van der Waals surface area contributed by atoms with Crippen LogP contribution in [-0.2, 0) is 4.74 Å². The number of benzene rings is 1. The molecule has 34 heavy (non-hydrogen) atoms. The number of carbonyl (C=O) groups is 1. The molecule has 2 heterocycles. The number of nitriles is 1. The van der Waals surface area contributed by atoms with E-state index in [-0.39, 0.29) is 17.4 Å². The van der Waals surface area contributed by atoms with Gasteiger partial charge in [-0.25, -0.2) is 14.8 Å². The molecule has 0 fully saturated rings. The number of aromatic amines is 1. The number of fused-ring (bicyclic) bond motifs is 1. The number of aryl methyl sites for hydroxylation is 1. The summed E-state index contributed by atoms with van der Waals surface area (Å²) in [5.74, 6) is 1.29. The maximum Gasteiger partial charge on any atom is 0.405 e. The molecule has 1 aromatic carbocycles. The molecule has 0 spiro atoms. The van der Waals surface area contributed by atoms with Crippen molar-refractivity contribution in [3.8, 4) is 22.9 Å². The Morgan fingerprint density at radius 1 is 1.24 bits per heavy atom. The lowest BCUT2D eigenvalue weighted by molar-refractivity contribution is -0.0170. The van der Waals surface area contributed by atoms with Gasteiger partial charge in [0.25, 0.3) is 0 Å². The number of carbonyl (C=O) groups excluding carboxylic acids is 1. The topological polar surface area (TPSA) is 127 Å². The molecule has 8 nitrogen and oxygen atoms in total. The number of nitrogens with zero attached hydrogens (tertiary/aromatic N) is 3. The minimum Gasteiger partial charge on any atom is -0.488 e. The first kappa shape index (κ1) is 25.0. The Kier molecular flexibility index (Phi) is 6.87. The number of primary amides is 1. The van der Waals surface area contributed by atoms with Gasteiger partial charge in [0.2, 0.25) is 0 Å². The van der Waals surface area contributed by atoms with Gasteiger partial charge in [-0.3, -0.25) is 0 Å². The fraction of sp³-hybridized carbons (Fsp3) is 0.462. The van der Waals surface area contributed by atoms with Crippen LogP contribution in [0.15, 0.2) is 30.5 Å². The predicted octanol–water partition coefficient (Wildman–Crippen LogP) is 5.50. The van der Waals surface area contributed by atoms with Crippen molar-refractivity contribution in [1.29, 1.82) is 5.26 Å². The second-order valence-electron chi connectivity index (χ2n) is 10.5. The standard InChI is InChI=1S/C26H33N5O3/c1-15(13-26(6,7)34-24(28)32)22(25(3,4)5)33-20-9-8-17(12-18(20)14-27)19-10-11-29-23-21(19)30-16(2)31-23/h8-12,15,22H,13H2,1-7H3,(H2,28,32)(H,29,30,31)/t15-,22-/m0/s1. The molecule has 2 aromatic heterocycles. The number of hydrogen-bond acceptors (Lipinski definition) is 6. The summed E-state index contributed by atoms with van der Waals surface area (Å²) in [6.07, 6.45) is 1.22. The van der Waals surface area contributed by atoms with Crippen molar-refractivity contribution < 1.29 is 14.3 Å².